The van der Waals surface area contributed by atoms with Crippen LogP contribution >= 0.6 is 0 Å². The second kappa shape index (κ2) is 7.15. The first-order valence-electron chi connectivity index (χ1n) is 11.1. The molecule has 0 atom stereocenters. The summed E-state index contributed by atoms with van der Waals surface area (Å²) in [5.41, 5.74) is 7.86. The number of hydrogen-bond donors (Lipinski definition) is 0. The molecule has 1 aliphatic heterocycles. The van der Waals surface area contributed by atoms with Gasteiger partial charge in [-0.05, 0) is 43.9 Å². The van der Waals surface area contributed by atoms with Gasteiger partial charge in [-0.3, -0.25) is 4.98 Å². The molecule has 0 unspecified atom stereocenters. The maximum atomic E-state index is 5.06. The molecule has 0 spiro atoms. The molecule has 0 bridgehead atoms. The second-order valence-corrected chi connectivity index (χ2v) is 19.5. The van der Waals surface area contributed by atoms with E-state index in [1.54, 1.807) is 5.19 Å². The van der Waals surface area contributed by atoms with Crippen LogP contribution in [0.1, 0.15) is 0 Å². The number of aromatic nitrogens is 1. The third-order valence-electron chi connectivity index (χ3n) is 6.65. The zero-order valence-corrected chi connectivity index (χ0v) is 21.0. The zero-order chi connectivity index (χ0) is 21.8. The van der Waals surface area contributed by atoms with E-state index in [1.165, 1.54) is 38.2 Å². The van der Waals surface area contributed by atoms with E-state index in [4.69, 9.17) is 4.98 Å². The van der Waals surface area contributed by atoms with Crippen LogP contribution in [0.2, 0.25) is 32.7 Å². The Balaban J connectivity index is 1.76. The van der Waals surface area contributed by atoms with Crippen LogP contribution in [0.5, 0.6) is 0 Å². The number of pyridine rings is 1. The van der Waals surface area contributed by atoms with Crippen molar-refractivity contribution in [3.63, 3.8) is 0 Å². The van der Waals surface area contributed by atoms with E-state index in [0.717, 1.165) is 5.69 Å². The minimum Gasteiger partial charge on any atom is -0.256 e. The van der Waals surface area contributed by atoms with Gasteiger partial charge in [0.1, 0.15) is 8.07 Å². The van der Waals surface area contributed by atoms with Gasteiger partial charge in [0.25, 0.3) is 0 Å². The SMILES string of the molecule is C[Si](C)(C)c1cnc(-c2cccc3c2[Si](C)(C)c2ccccc2-3)cc1-c1ccccc1. The Hall–Kier alpha value is -2.76. The van der Waals surface area contributed by atoms with Crippen molar-refractivity contribution in [2.45, 2.75) is 32.7 Å². The van der Waals surface area contributed by atoms with E-state index >= 15 is 0 Å². The monoisotopic (exact) mass is 435 g/mol. The predicted octanol–water partition coefficient (Wildman–Crippen LogP) is 5.76. The van der Waals surface area contributed by atoms with Gasteiger partial charge in [-0.1, -0.05) is 106 Å². The largest absolute Gasteiger partial charge is 0.256 e. The zero-order valence-electron chi connectivity index (χ0n) is 19.0. The third kappa shape index (κ3) is 3.24. The highest BCUT2D eigenvalue weighted by molar-refractivity contribution is 7.04. The maximum Gasteiger partial charge on any atom is 0.114 e. The third-order valence-corrected chi connectivity index (χ3v) is 12.2. The maximum absolute atomic E-state index is 5.06. The van der Waals surface area contributed by atoms with Gasteiger partial charge >= 0.3 is 0 Å². The lowest BCUT2D eigenvalue weighted by Gasteiger charge is -2.24. The number of fused-ring (bicyclic) bond motifs is 3. The summed E-state index contributed by atoms with van der Waals surface area (Å²) in [7, 11) is -3.33. The fraction of sp³-hybridized carbons (Fsp3) is 0.179. The van der Waals surface area contributed by atoms with Gasteiger partial charge in [0.15, 0.2) is 0 Å². The molecule has 0 saturated heterocycles. The fourth-order valence-corrected chi connectivity index (χ4v) is 10.0. The minimum absolute atomic E-state index is 1.10. The standard InChI is InChI=1S/C28H29NSi2/c1-30(2,3)27-19-29-25(18-24(27)20-12-7-6-8-13-20)23-16-11-15-22-21-14-9-10-17-26(21)31(4,5)28(22)23/h6-19H,1-5H3. The summed E-state index contributed by atoms with van der Waals surface area (Å²) in [4.78, 5) is 5.06. The van der Waals surface area contributed by atoms with E-state index in [9.17, 15) is 0 Å². The van der Waals surface area contributed by atoms with Crippen LogP contribution in [0.3, 0.4) is 0 Å². The normalized spacial score (nSPS) is 14.2. The first kappa shape index (κ1) is 20.2. The Labute approximate surface area is 187 Å². The molecule has 31 heavy (non-hydrogen) atoms. The van der Waals surface area contributed by atoms with E-state index in [2.05, 4.69) is 118 Å². The van der Waals surface area contributed by atoms with Crippen LogP contribution in [-0.4, -0.2) is 21.1 Å². The van der Waals surface area contributed by atoms with Crippen molar-refractivity contribution in [2.24, 2.45) is 0 Å². The molecular weight excluding hydrogens is 406 g/mol. The van der Waals surface area contributed by atoms with Crippen molar-refractivity contribution < 1.29 is 0 Å². The van der Waals surface area contributed by atoms with E-state index in [1.807, 2.05) is 0 Å². The highest BCUT2D eigenvalue weighted by atomic mass is 28.3. The highest BCUT2D eigenvalue weighted by Gasteiger charge is 2.39. The number of benzene rings is 3. The molecule has 0 radical (unpaired) electrons. The molecule has 0 aliphatic carbocycles. The Morgan fingerprint density at radius 3 is 2.06 bits per heavy atom. The van der Waals surface area contributed by atoms with E-state index in [-0.39, 0.29) is 0 Å². The summed E-state index contributed by atoms with van der Waals surface area (Å²) in [6.45, 7) is 12.2. The Bertz CT molecular complexity index is 1280. The van der Waals surface area contributed by atoms with Gasteiger partial charge in [0.05, 0.1) is 13.8 Å². The van der Waals surface area contributed by atoms with Crippen LogP contribution in [-0.2, 0) is 0 Å². The lowest BCUT2D eigenvalue weighted by Crippen LogP contribution is -2.50. The van der Waals surface area contributed by atoms with Gasteiger partial charge < -0.3 is 0 Å². The lowest BCUT2D eigenvalue weighted by molar-refractivity contribution is 1.34. The molecule has 2 heterocycles. The topological polar surface area (TPSA) is 12.9 Å². The molecule has 1 aromatic heterocycles. The average Bonchev–Trinajstić information content (AvgIpc) is 3.01. The first-order chi connectivity index (χ1) is 14.8. The molecule has 5 rings (SSSR count). The van der Waals surface area contributed by atoms with Crippen LogP contribution in [0.15, 0.2) is 85.1 Å². The summed E-state index contributed by atoms with van der Waals surface area (Å²) >= 11 is 0. The molecule has 1 nitrogen and oxygen atoms in total. The molecule has 0 saturated carbocycles. The molecule has 3 heteroatoms. The molecule has 4 aromatic rings. The number of hydrogen-bond acceptors (Lipinski definition) is 1. The summed E-state index contributed by atoms with van der Waals surface area (Å²) in [6.07, 6.45) is 2.17. The first-order valence-corrected chi connectivity index (χ1v) is 17.6. The summed E-state index contributed by atoms with van der Waals surface area (Å²) < 4.78 is 0. The molecule has 0 N–H and O–H groups in total. The lowest BCUT2D eigenvalue weighted by atomic mass is 9.99. The number of nitrogens with zero attached hydrogens (tertiary/aromatic N) is 1. The molecule has 0 amide bonds. The summed E-state index contributed by atoms with van der Waals surface area (Å²) in [5, 5.41) is 4.50. The fourth-order valence-electron chi connectivity index (χ4n) is 5.12. The van der Waals surface area contributed by atoms with Crippen molar-refractivity contribution in [1.82, 2.24) is 4.98 Å². The van der Waals surface area contributed by atoms with E-state index < -0.39 is 16.1 Å². The van der Waals surface area contributed by atoms with Gasteiger partial charge in [-0.25, -0.2) is 0 Å². The van der Waals surface area contributed by atoms with Crippen molar-refractivity contribution in [1.29, 1.82) is 0 Å². The Morgan fingerprint density at radius 1 is 0.677 bits per heavy atom. The van der Waals surface area contributed by atoms with Gasteiger partial charge in [0.2, 0.25) is 0 Å². The molecule has 0 fully saturated rings. The smallest absolute Gasteiger partial charge is 0.114 e. The van der Waals surface area contributed by atoms with Gasteiger partial charge in [0, 0.05) is 11.8 Å². The quantitative estimate of drug-likeness (QED) is 0.373. The van der Waals surface area contributed by atoms with Crippen molar-refractivity contribution in [3.05, 3.63) is 85.1 Å². The summed E-state index contributed by atoms with van der Waals surface area (Å²) in [5.74, 6) is 0. The van der Waals surface area contributed by atoms with Crippen LogP contribution < -0.4 is 15.6 Å². The van der Waals surface area contributed by atoms with Gasteiger partial charge in [-0.2, -0.15) is 0 Å². The van der Waals surface area contributed by atoms with Crippen molar-refractivity contribution in [2.75, 3.05) is 0 Å². The van der Waals surface area contributed by atoms with Crippen LogP contribution in [0.4, 0.5) is 0 Å². The Kier molecular flexibility index (Phi) is 4.65. The average molecular weight is 436 g/mol. The second-order valence-electron chi connectivity index (χ2n) is 10.1. The summed E-state index contributed by atoms with van der Waals surface area (Å²) in [6, 6.07) is 28.9. The van der Waals surface area contributed by atoms with E-state index in [0.29, 0.717) is 0 Å². The molecule has 154 valence electrons. The Morgan fingerprint density at radius 2 is 1.32 bits per heavy atom. The predicted molar refractivity (Wildman–Crippen MR) is 140 cm³/mol. The van der Waals surface area contributed by atoms with Gasteiger partial charge in [-0.15, -0.1) is 0 Å². The molecular formula is C28H29NSi2. The van der Waals surface area contributed by atoms with Crippen LogP contribution in [0, 0.1) is 0 Å². The molecule has 1 aliphatic rings. The minimum atomic E-state index is -1.79. The van der Waals surface area contributed by atoms with Crippen molar-refractivity contribution in [3.8, 4) is 33.5 Å². The van der Waals surface area contributed by atoms with Crippen molar-refractivity contribution >= 4 is 31.7 Å². The van der Waals surface area contributed by atoms with Crippen LogP contribution in [0.25, 0.3) is 33.5 Å². The highest BCUT2D eigenvalue weighted by Crippen LogP contribution is 2.33. The molecule has 3 aromatic carbocycles. The number of rotatable bonds is 3.